The molecule has 1 aromatic carbocycles. The predicted molar refractivity (Wildman–Crippen MR) is 48.4 cm³/mol. The van der Waals surface area contributed by atoms with Crippen molar-refractivity contribution < 1.29 is 35.8 Å². The first-order chi connectivity index (χ1) is 8.16. The average Bonchev–Trinajstić information content (AvgIpc) is 2.23. The van der Waals surface area contributed by atoms with E-state index in [0.29, 0.717) is 0 Å². The van der Waals surface area contributed by atoms with Crippen LogP contribution in [0.5, 0.6) is 11.5 Å². The molecule has 0 amide bonds. The van der Waals surface area contributed by atoms with Gasteiger partial charge in [0.2, 0.25) is 0 Å². The molecule has 8 heteroatoms. The van der Waals surface area contributed by atoms with Gasteiger partial charge in [0.15, 0.2) is 13.2 Å². The summed E-state index contributed by atoms with van der Waals surface area (Å²) < 4.78 is 79.4. The maximum Gasteiger partial charge on any atom is 0.422 e. The predicted octanol–water partition coefficient (Wildman–Crippen LogP) is 3.37. The quantitative estimate of drug-likeness (QED) is 0.783. The van der Waals surface area contributed by atoms with Crippen molar-refractivity contribution in [1.29, 1.82) is 0 Å². The molecule has 1 rings (SSSR count). The molecule has 0 unspecified atom stereocenters. The summed E-state index contributed by atoms with van der Waals surface area (Å²) in [5, 5.41) is 0. The Bertz CT molecular complexity index is 330. The molecule has 18 heavy (non-hydrogen) atoms. The van der Waals surface area contributed by atoms with Gasteiger partial charge in [-0.15, -0.1) is 0 Å². The van der Waals surface area contributed by atoms with Gasteiger partial charge in [0, 0.05) is 6.07 Å². The van der Waals surface area contributed by atoms with E-state index in [0.717, 1.165) is 18.2 Å². The van der Waals surface area contributed by atoms with Crippen molar-refractivity contribution in [3.05, 3.63) is 24.3 Å². The first-order valence-electron chi connectivity index (χ1n) is 4.56. The van der Waals surface area contributed by atoms with E-state index in [1.807, 2.05) is 0 Å². The molecule has 0 atom stereocenters. The highest BCUT2D eigenvalue weighted by atomic mass is 19.4. The van der Waals surface area contributed by atoms with E-state index in [9.17, 15) is 26.3 Å². The van der Waals surface area contributed by atoms with E-state index >= 15 is 0 Å². The summed E-state index contributed by atoms with van der Waals surface area (Å²) in [4.78, 5) is 0. The number of ether oxygens (including phenoxy) is 2. The number of hydrogen-bond acceptors (Lipinski definition) is 2. The van der Waals surface area contributed by atoms with Crippen molar-refractivity contribution >= 4 is 0 Å². The molecule has 0 saturated heterocycles. The van der Waals surface area contributed by atoms with Gasteiger partial charge in [0.25, 0.3) is 0 Å². The van der Waals surface area contributed by atoms with Crippen molar-refractivity contribution in [1.82, 2.24) is 0 Å². The Morgan fingerprint density at radius 3 is 1.89 bits per heavy atom. The van der Waals surface area contributed by atoms with Crippen molar-refractivity contribution in [2.24, 2.45) is 0 Å². The lowest BCUT2D eigenvalue weighted by atomic mass is 10.3. The van der Waals surface area contributed by atoms with Crippen molar-refractivity contribution in [2.45, 2.75) is 12.4 Å². The van der Waals surface area contributed by atoms with E-state index in [2.05, 4.69) is 15.5 Å². The SMILES string of the molecule is FC(F)(F)COc1[c]cc(OCC(F)(F)F)cc1. The average molecular weight is 273 g/mol. The van der Waals surface area contributed by atoms with E-state index < -0.39 is 25.6 Å². The summed E-state index contributed by atoms with van der Waals surface area (Å²) in [5.74, 6) is -0.390. The summed E-state index contributed by atoms with van der Waals surface area (Å²) in [7, 11) is 0. The van der Waals surface area contributed by atoms with Crippen molar-refractivity contribution in [3.63, 3.8) is 0 Å². The second-order valence-electron chi connectivity index (χ2n) is 3.20. The highest BCUT2D eigenvalue weighted by Crippen LogP contribution is 2.22. The van der Waals surface area contributed by atoms with E-state index in [1.165, 1.54) is 0 Å². The fourth-order valence-corrected chi connectivity index (χ4v) is 0.901. The zero-order valence-corrected chi connectivity index (χ0v) is 8.73. The molecule has 101 valence electrons. The lowest BCUT2D eigenvalue weighted by Crippen LogP contribution is -2.19. The molecule has 0 saturated carbocycles. The lowest BCUT2D eigenvalue weighted by Gasteiger charge is -2.11. The molecule has 1 radical (unpaired) electrons. The van der Waals surface area contributed by atoms with Gasteiger partial charge in [-0.25, -0.2) is 0 Å². The van der Waals surface area contributed by atoms with E-state index in [4.69, 9.17) is 0 Å². The summed E-state index contributed by atoms with van der Waals surface area (Å²) in [6.07, 6.45) is -8.97. The molecule has 0 aliphatic carbocycles. The Labute approximate surface area is 98.1 Å². The van der Waals surface area contributed by atoms with Crippen LogP contribution in [0.2, 0.25) is 0 Å². The van der Waals surface area contributed by atoms with Gasteiger partial charge < -0.3 is 9.47 Å². The van der Waals surface area contributed by atoms with E-state index in [1.54, 1.807) is 0 Å². The Morgan fingerprint density at radius 2 is 1.44 bits per heavy atom. The molecule has 0 heterocycles. The summed E-state index contributed by atoms with van der Waals surface area (Å²) in [5.41, 5.74) is 0. The second-order valence-corrected chi connectivity index (χ2v) is 3.20. The Balaban J connectivity index is 2.48. The maximum atomic E-state index is 11.8. The van der Waals surface area contributed by atoms with Gasteiger partial charge in [0.05, 0.1) is 0 Å². The van der Waals surface area contributed by atoms with Crippen LogP contribution >= 0.6 is 0 Å². The lowest BCUT2D eigenvalue weighted by molar-refractivity contribution is -0.154. The molecule has 2 nitrogen and oxygen atoms in total. The van der Waals surface area contributed by atoms with E-state index in [-0.39, 0.29) is 11.5 Å². The molecule has 0 N–H and O–H groups in total. The zero-order valence-electron chi connectivity index (χ0n) is 8.73. The molecule has 1 aromatic rings. The molecule has 0 aliphatic rings. The Morgan fingerprint density at radius 1 is 0.889 bits per heavy atom. The molecule has 0 bridgehead atoms. The third kappa shape index (κ3) is 6.21. The minimum absolute atomic E-state index is 0.160. The van der Waals surface area contributed by atoms with Gasteiger partial charge in [-0.05, 0) is 18.2 Å². The highest BCUT2D eigenvalue weighted by Gasteiger charge is 2.29. The van der Waals surface area contributed by atoms with Crippen LogP contribution in [-0.4, -0.2) is 25.6 Å². The second kappa shape index (κ2) is 5.36. The number of hydrogen-bond donors (Lipinski definition) is 0. The largest absolute Gasteiger partial charge is 0.484 e. The number of benzene rings is 1. The van der Waals surface area contributed by atoms with Crippen LogP contribution in [0.3, 0.4) is 0 Å². The smallest absolute Gasteiger partial charge is 0.422 e. The standard InChI is InChI=1S/C10H7F6O2/c11-9(12,13)5-17-7-1-2-8(4-3-7)18-6-10(14,15)16/h1-3H,5-6H2. The summed E-state index contributed by atoms with van der Waals surface area (Å²) in [6, 6.07) is 5.30. The van der Waals surface area contributed by atoms with Gasteiger partial charge in [-0.2, -0.15) is 26.3 Å². The van der Waals surface area contributed by atoms with Crippen LogP contribution in [0, 0.1) is 6.07 Å². The Kier molecular flexibility index (Phi) is 4.31. The monoisotopic (exact) mass is 273 g/mol. The summed E-state index contributed by atoms with van der Waals surface area (Å²) in [6.45, 7) is -2.98. The van der Waals surface area contributed by atoms with Crippen LogP contribution in [-0.2, 0) is 0 Å². The first kappa shape index (κ1) is 14.5. The number of alkyl halides is 6. The minimum atomic E-state index is -4.49. The molecule has 0 aliphatic heterocycles. The van der Waals surface area contributed by atoms with Crippen molar-refractivity contribution in [3.8, 4) is 11.5 Å². The Hall–Kier alpha value is -1.60. The minimum Gasteiger partial charge on any atom is -0.484 e. The topological polar surface area (TPSA) is 18.5 Å². The van der Waals surface area contributed by atoms with Gasteiger partial charge in [0.1, 0.15) is 11.5 Å². The maximum absolute atomic E-state index is 11.8. The molecular formula is C10H7F6O2. The van der Waals surface area contributed by atoms with Gasteiger partial charge >= 0.3 is 12.4 Å². The van der Waals surface area contributed by atoms with Crippen LogP contribution < -0.4 is 9.47 Å². The van der Waals surface area contributed by atoms with Crippen LogP contribution in [0.15, 0.2) is 18.2 Å². The van der Waals surface area contributed by atoms with Crippen LogP contribution in [0.1, 0.15) is 0 Å². The first-order valence-corrected chi connectivity index (χ1v) is 4.56. The normalized spacial score (nSPS) is 12.3. The number of halogens is 6. The third-order valence-electron chi connectivity index (χ3n) is 1.55. The molecular weight excluding hydrogens is 266 g/mol. The molecule has 0 aromatic heterocycles. The molecule has 0 fully saturated rings. The van der Waals surface area contributed by atoms with Crippen molar-refractivity contribution in [2.75, 3.05) is 13.2 Å². The zero-order chi connectivity index (χ0) is 13.8. The van der Waals surface area contributed by atoms with Gasteiger partial charge in [-0.1, -0.05) is 0 Å². The van der Waals surface area contributed by atoms with Crippen LogP contribution in [0.4, 0.5) is 26.3 Å². The fraction of sp³-hybridized carbons (Fsp3) is 0.400. The summed E-state index contributed by atoms with van der Waals surface area (Å²) >= 11 is 0. The third-order valence-corrected chi connectivity index (χ3v) is 1.55. The van der Waals surface area contributed by atoms with Gasteiger partial charge in [-0.3, -0.25) is 0 Å². The highest BCUT2D eigenvalue weighted by molar-refractivity contribution is 5.30. The van der Waals surface area contributed by atoms with Crippen LogP contribution in [0.25, 0.3) is 0 Å². The fourth-order valence-electron chi connectivity index (χ4n) is 0.901. The molecule has 0 spiro atoms. The number of rotatable bonds is 4.